The minimum atomic E-state index is 0.639. The van der Waals surface area contributed by atoms with Crippen LogP contribution in [0.3, 0.4) is 0 Å². The number of aromatic nitrogens is 2. The quantitative estimate of drug-likeness (QED) is 0.372. The van der Waals surface area contributed by atoms with E-state index in [0.29, 0.717) is 12.3 Å². The van der Waals surface area contributed by atoms with E-state index in [1.807, 2.05) is 96.5 Å². The van der Waals surface area contributed by atoms with Gasteiger partial charge in [0.2, 0.25) is 0 Å². The lowest BCUT2D eigenvalue weighted by Crippen LogP contribution is -1.98. The predicted octanol–water partition coefficient (Wildman–Crippen LogP) is 6.35. The van der Waals surface area contributed by atoms with Gasteiger partial charge in [-0.2, -0.15) is 10.2 Å². The first kappa shape index (κ1) is 17.7. The molecule has 0 bridgehead atoms. The molecule has 4 rings (SSSR count). The number of hydrogen-bond acceptors (Lipinski definition) is 4. The molecule has 5 heteroatoms. The van der Waals surface area contributed by atoms with Crippen LogP contribution in [0, 0.1) is 0 Å². The van der Waals surface area contributed by atoms with E-state index in [9.17, 15) is 0 Å². The standard InChI is InChI=1S/C23H20N4O/c1-2-28-21-15-13-19(14-16-21)25-26-22-17-24-27(20-11-7-4-8-12-20)23(22)18-9-5-3-6-10-18/h3-17H,2H2,1H3. The monoisotopic (exact) mass is 368 g/mol. The number of nitrogens with zero attached hydrogens (tertiary/aromatic N) is 4. The van der Waals surface area contributed by atoms with Gasteiger partial charge in [0.05, 0.1) is 24.2 Å². The number of ether oxygens (including phenoxy) is 1. The van der Waals surface area contributed by atoms with Gasteiger partial charge in [0.1, 0.15) is 17.1 Å². The first-order chi connectivity index (χ1) is 13.8. The van der Waals surface area contributed by atoms with Crippen molar-refractivity contribution in [3.63, 3.8) is 0 Å². The molecule has 0 unspecified atom stereocenters. The van der Waals surface area contributed by atoms with E-state index in [1.165, 1.54) is 0 Å². The van der Waals surface area contributed by atoms with Crippen molar-refractivity contribution in [3.8, 4) is 22.7 Å². The first-order valence-electron chi connectivity index (χ1n) is 9.18. The molecule has 0 aliphatic carbocycles. The second kappa shape index (κ2) is 8.31. The number of benzene rings is 3. The fourth-order valence-electron chi connectivity index (χ4n) is 2.93. The van der Waals surface area contributed by atoms with E-state index in [2.05, 4.69) is 15.3 Å². The summed E-state index contributed by atoms with van der Waals surface area (Å²) in [6.45, 7) is 2.60. The third kappa shape index (κ3) is 3.83. The molecule has 5 nitrogen and oxygen atoms in total. The van der Waals surface area contributed by atoms with E-state index >= 15 is 0 Å². The van der Waals surface area contributed by atoms with Gasteiger partial charge in [-0.05, 0) is 43.3 Å². The third-order valence-corrected chi connectivity index (χ3v) is 4.22. The largest absolute Gasteiger partial charge is 0.494 e. The fraction of sp³-hybridized carbons (Fsp3) is 0.0870. The Morgan fingerprint density at radius 2 is 1.50 bits per heavy atom. The van der Waals surface area contributed by atoms with E-state index < -0.39 is 0 Å². The summed E-state index contributed by atoms with van der Waals surface area (Å²) in [5, 5.41) is 13.4. The number of rotatable bonds is 6. The molecular formula is C23H20N4O. The van der Waals surface area contributed by atoms with Crippen molar-refractivity contribution >= 4 is 11.4 Å². The normalized spacial score (nSPS) is 11.0. The van der Waals surface area contributed by atoms with Gasteiger partial charge in [-0.1, -0.05) is 48.5 Å². The lowest BCUT2D eigenvalue weighted by Gasteiger charge is -2.08. The fourth-order valence-corrected chi connectivity index (χ4v) is 2.93. The zero-order valence-corrected chi connectivity index (χ0v) is 15.6. The molecule has 0 N–H and O–H groups in total. The van der Waals surface area contributed by atoms with Gasteiger partial charge < -0.3 is 4.74 Å². The average Bonchev–Trinajstić information content (AvgIpc) is 3.19. The highest BCUT2D eigenvalue weighted by Gasteiger charge is 2.14. The zero-order valence-electron chi connectivity index (χ0n) is 15.6. The molecule has 0 aliphatic rings. The molecule has 3 aromatic carbocycles. The topological polar surface area (TPSA) is 51.8 Å². The van der Waals surface area contributed by atoms with Crippen molar-refractivity contribution in [1.82, 2.24) is 9.78 Å². The van der Waals surface area contributed by atoms with Crippen LogP contribution in [0.1, 0.15) is 6.92 Å². The van der Waals surface area contributed by atoms with Crippen LogP contribution in [0.25, 0.3) is 16.9 Å². The number of hydrogen-bond donors (Lipinski definition) is 0. The average molecular weight is 368 g/mol. The van der Waals surface area contributed by atoms with Crippen molar-refractivity contribution in [1.29, 1.82) is 0 Å². The maximum absolute atomic E-state index is 5.47. The molecule has 0 amide bonds. The van der Waals surface area contributed by atoms with Crippen LogP contribution >= 0.6 is 0 Å². The van der Waals surface area contributed by atoms with Crippen molar-refractivity contribution in [3.05, 3.63) is 91.1 Å². The molecule has 0 radical (unpaired) electrons. The van der Waals surface area contributed by atoms with Gasteiger partial charge in [0.25, 0.3) is 0 Å². The van der Waals surface area contributed by atoms with Crippen molar-refractivity contribution < 1.29 is 4.74 Å². The lowest BCUT2D eigenvalue weighted by atomic mass is 10.1. The van der Waals surface area contributed by atoms with E-state index in [0.717, 1.165) is 28.4 Å². The number of para-hydroxylation sites is 1. The van der Waals surface area contributed by atoms with Crippen LogP contribution in [-0.2, 0) is 0 Å². The SMILES string of the molecule is CCOc1ccc(N=Nc2cnn(-c3ccccc3)c2-c2ccccc2)cc1. The summed E-state index contributed by atoms with van der Waals surface area (Å²) in [6, 6.07) is 27.7. The van der Waals surface area contributed by atoms with Crippen LogP contribution in [0.2, 0.25) is 0 Å². The van der Waals surface area contributed by atoms with Gasteiger partial charge in [-0.25, -0.2) is 4.68 Å². The van der Waals surface area contributed by atoms with Crippen LogP contribution in [-0.4, -0.2) is 16.4 Å². The summed E-state index contributed by atoms with van der Waals surface area (Å²) < 4.78 is 7.36. The highest BCUT2D eigenvalue weighted by molar-refractivity contribution is 5.73. The van der Waals surface area contributed by atoms with Crippen molar-refractivity contribution in [2.24, 2.45) is 10.2 Å². The van der Waals surface area contributed by atoms with Gasteiger partial charge in [-0.3, -0.25) is 0 Å². The van der Waals surface area contributed by atoms with Gasteiger partial charge in [0, 0.05) is 5.56 Å². The highest BCUT2D eigenvalue weighted by Crippen LogP contribution is 2.33. The molecule has 1 aromatic heterocycles. The van der Waals surface area contributed by atoms with Crippen LogP contribution in [0.4, 0.5) is 11.4 Å². The molecular weight excluding hydrogens is 348 g/mol. The Morgan fingerprint density at radius 1 is 0.821 bits per heavy atom. The van der Waals surface area contributed by atoms with Gasteiger partial charge in [0.15, 0.2) is 0 Å². The summed E-state index contributed by atoms with van der Waals surface area (Å²) in [6.07, 6.45) is 1.74. The first-order valence-corrected chi connectivity index (χ1v) is 9.18. The van der Waals surface area contributed by atoms with Crippen LogP contribution < -0.4 is 4.74 Å². The van der Waals surface area contributed by atoms with Gasteiger partial charge >= 0.3 is 0 Å². The molecule has 0 fully saturated rings. The highest BCUT2D eigenvalue weighted by atomic mass is 16.5. The van der Waals surface area contributed by atoms with Crippen molar-refractivity contribution in [2.45, 2.75) is 6.92 Å². The minimum absolute atomic E-state index is 0.639. The Balaban J connectivity index is 1.72. The maximum atomic E-state index is 5.47. The molecule has 0 spiro atoms. The number of azo groups is 1. The van der Waals surface area contributed by atoms with Gasteiger partial charge in [-0.15, -0.1) is 5.11 Å². The Kier molecular flexibility index (Phi) is 5.24. The minimum Gasteiger partial charge on any atom is -0.494 e. The summed E-state index contributed by atoms with van der Waals surface area (Å²) in [7, 11) is 0. The molecule has 28 heavy (non-hydrogen) atoms. The smallest absolute Gasteiger partial charge is 0.132 e. The molecule has 0 aliphatic heterocycles. The molecule has 0 atom stereocenters. The second-order valence-electron chi connectivity index (χ2n) is 6.12. The maximum Gasteiger partial charge on any atom is 0.132 e. The Morgan fingerprint density at radius 3 is 2.18 bits per heavy atom. The Bertz CT molecular complexity index is 1050. The van der Waals surface area contributed by atoms with Crippen LogP contribution in [0.5, 0.6) is 5.75 Å². The Hall–Kier alpha value is -3.73. The third-order valence-electron chi connectivity index (χ3n) is 4.22. The zero-order chi connectivity index (χ0) is 19.2. The molecule has 0 saturated heterocycles. The second-order valence-corrected chi connectivity index (χ2v) is 6.12. The lowest BCUT2D eigenvalue weighted by molar-refractivity contribution is 0.340. The molecule has 4 aromatic rings. The van der Waals surface area contributed by atoms with E-state index in [-0.39, 0.29) is 0 Å². The summed E-state index contributed by atoms with van der Waals surface area (Å²) in [5.41, 5.74) is 4.38. The van der Waals surface area contributed by atoms with E-state index in [1.54, 1.807) is 6.20 Å². The summed E-state index contributed by atoms with van der Waals surface area (Å²) in [4.78, 5) is 0. The summed E-state index contributed by atoms with van der Waals surface area (Å²) in [5.74, 6) is 0.823. The Labute approximate surface area is 164 Å². The molecule has 0 saturated carbocycles. The van der Waals surface area contributed by atoms with E-state index in [4.69, 9.17) is 4.74 Å². The summed E-state index contributed by atoms with van der Waals surface area (Å²) >= 11 is 0. The van der Waals surface area contributed by atoms with Crippen molar-refractivity contribution in [2.75, 3.05) is 6.61 Å². The molecule has 1 heterocycles. The van der Waals surface area contributed by atoms with Crippen LogP contribution in [0.15, 0.2) is 101 Å². The molecule has 138 valence electrons. The predicted molar refractivity (Wildman–Crippen MR) is 111 cm³/mol.